The van der Waals surface area contributed by atoms with Gasteiger partial charge in [-0.15, -0.1) is 11.3 Å². The van der Waals surface area contributed by atoms with Crippen molar-refractivity contribution < 1.29 is 0 Å². The first kappa shape index (κ1) is 41.0. The molecule has 0 atom stereocenters. The number of fused-ring (bicyclic) bond motifs is 21. The van der Waals surface area contributed by atoms with E-state index in [1.807, 2.05) is 11.3 Å². The lowest BCUT2D eigenvalue weighted by molar-refractivity contribution is 1.18. The van der Waals surface area contributed by atoms with Crippen molar-refractivity contribution >= 4 is 140 Å². The minimum atomic E-state index is 1.17. The number of benzene rings is 14. The maximum Gasteiger partial charge on any atom is 0.0541 e. The smallest absolute Gasteiger partial charge is 0.0541 e. The molecule has 0 bridgehead atoms. The lowest BCUT2D eigenvalue weighted by Gasteiger charge is -2.13. The Morgan fingerprint density at radius 2 is 0.480 bits per heavy atom. The van der Waals surface area contributed by atoms with Gasteiger partial charge in [0.2, 0.25) is 0 Å². The fourth-order valence-electron chi connectivity index (χ4n) is 13.0. The Hall–Kier alpha value is -9.54. The van der Waals surface area contributed by atoms with Gasteiger partial charge in [0.25, 0.3) is 0 Å². The molecule has 14 aromatic carbocycles. The molecular formula is C72H42N2S. The maximum absolute atomic E-state index is 2.49. The predicted molar refractivity (Wildman–Crippen MR) is 324 cm³/mol. The number of nitrogens with zero attached hydrogens (tertiary/aromatic N) is 2. The summed E-state index contributed by atoms with van der Waals surface area (Å²) in [5.74, 6) is 0. The third kappa shape index (κ3) is 5.90. The third-order valence-electron chi connectivity index (χ3n) is 16.4. The van der Waals surface area contributed by atoms with Crippen molar-refractivity contribution in [3.63, 3.8) is 0 Å². The normalized spacial score (nSPS) is 12.3. The Bertz CT molecular complexity index is 4960. The molecule has 0 saturated carbocycles. The van der Waals surface area contributed by atoms with Gasteiger partial charge in [0.05, 0.1) is 22.1 Å². The molecule has 0 aliphatic heterocycles. The van der Waals surface area contributed by atoms with Gasteiger partial charge in [0, 0.05) is 53.1 Å². The van der Waals surface area contributed by atoms with Crippen LogP contribution in [0.2, 0.25) is 0 Å². The van der Waals surface area contributed by atoms with Gasteiger partial charge in [-0.05, 0) is 184 Å². The fraction of sp³-hybridized carbons (Fsp3) is 0. The summed E-state index contributed by atoms with van der Waals surface area (Å²) in [6.45, 7) is 0. The number of hydrogen-bond acceptors (Lipinski definition) is 1. The molecule has 0 aliphatic rings. The summed E-state index contributed by atoms with van der Waals surface area (Å²) in [6.07, 6.45) is 0. The highest BCUT2D eigenvalue weighted by molar-refractivity contribution is 7.26. The van der Waals surface area contributed by atoms with Crippen LogP contribution in [-0.4, -0.2) is 9.13 Å². The topological polar surface area (TPSA) is 9.86 Å². The Morgan fingerprint density at radius 1 is 0.187 bits per heavy atom. The first-order valence-corrected chi connectivity index (χ1v) is 26.7. The molecule has 3 heterocycles. The van der Waals surface area contributed by atoms with Gasteiger partial charge in [0.1, 0.15) is 0 Å². The molecule has 0 radical (unpaired) electrons. The van der Waals surface area contributed by atoms with E-state index in [1.165, 1.54) is 162 Å². The lowest BCUT2D eigenvalue weighted by Crippen LogP contribution is -1.92. The van der Waals surface area contributed by atoms with Crippen molar-refractivity contribution in [2.45, 2.75) is 0 Å². The predicted octanol–water partition coefficient (Wildman–Crippen LogP) is 20.5. The summed E-state index contributed by atoms with van der Waals surface area (Å²) < 4.78 is 7.41. The molecule has 75 heavy (non-hydrogen) atoms. The van der Waals surface area contributed by atoms with Crippen molar-refractivity contribution in [3.8, 4) is 33.6 Å². The molecule has 346 valence electrons. The molecule has 0 N–H and O–H groups in total. The first-order valence-electron chi connectivity index (χ1n) is 25.9. The summed E-state index contributed by atoms with van der Waals surface area (Å²) in [5, 5.41) is 23.1. The molecule has 0 unspecified atom stereocenters. The van der Waals surface area contributed by atoms with E-state index in [4.69, 9.17) is 0 Å². The average Bonchev–Trinajstić information content (AvgIpc) is 4.17. The largest absolute Gasteiger partial charge is 0.309 e. The van der Waals surface area contributed by atoms with E-state index in [2.05, 4.69) is 264 Å². The van der Waals surface area contributed by atoms with Gasteiger partial charge in [-0.25, -0.2) is 0 Å². The maximum atomic E-state index is 2.49. The molecule has 0 spiro atoms. The zero-order valence-electron chi connectivity index (χ0n) is 40.6. The van der Waals surface area contributed by atoms with Gasteiger partial charge < -0.3 is 9.13 Å². The zero-order chi connectivity index (χ0) is 48.9. The van der Waals surface area contributed by atoms with Gasteiger partial charge in [-0.1, -0.05) is 158 Å². The van der Waals surface area contributed by atoms with Crippen LogP contribution in [-0.2, 0) is 0 Å². The van der Waals surface area contributed by atoms with Crippen molar-refractivity contribution in [1.82, 2.24) is 9.13 Å². The molecule has 0 saturated heterocycles. The zero-order valence-corrected chi connectivity index (χ0v) is 41.4. The van der Waals surface area contributed by atoms with Crippen LogP contribution < -0.4 is 0 Å². The number of para-hydroxylation sites is 4. The molecule has 2 nitrogen and oxygen atoms in total. The summed E-state index contributed by atoms with van der Waals surface area (Å²) >= 11 is 1.92. The standard InChI is InChI=1S/C72H42N2S/c1-3-15-47(16-4-1)73-67-25-13-11-23-55(67)63-37-45(29-33-69(63)73)43-27-31-53-57(35-43)49-19-7-9-21-51(49)59-39-65-66-40-60-52-22-10-8-20-50(52)58-36-44(28-32-54(58)62(60)42-72(66)75-71(65)41-61(53)59)46-30-34-70-64(38-46)56-24-12-14-26-68(56)74(70)48-17-5-2-6-18-48/h1-42H. The Morgan fingerprint density at radius 3 is 0.893 bits per heavy atom. The summed E-state index contributed by atoms with van der Waals surface area (Å²) in [6, 6.07) is 95.3. The molecule has 0 aliphatic carbocycles. The van der Waals surface area contributed by atoms with Gasteiger partial charge in [-0.3, -0.25) is 0 Å². The van der Waals surface area contributed by atoms with E-state index < -0.39 is 0 Å². The van der Waals surface area contributed by atoms with Gasteiger partial charge >= 0.3 is 0 Å². The van der Waals surface area contributed by atoms with E-state index in [9.17, 15) is 0 Å². The second kappa shape index (κ2) is 15.5. The fourth-order valence-corrected chi connectivity index (χ4v) is 14.2. The summed E-state index contributed by atoms with van der Waals surface area (Å²) in [4.78, 5) is 0. The average molecular weight is 967 g/mol. The molecular weight excluding hydrogens is 925 g/mol. The highest BCUT2D eigenvalue weighted by atomic mass is 32.1. The summed E-state index contributed by atoms with van der Waals surface area (Å²) in [5.41, 5.74) is 12.1. The Labute approximate surface area is 434 Å². The number of thiophene rings is 1. The van der Waals surface area contributed by atoms with Crippen LogP contribution in [0.5, 0.6) is 0 Å². The van der Waals surface area contributed by atoms with Crippen LogP contribution in [0.15, 0.2) is 255 Å². The second-order valence-electron chi connectivity index (χ2n) is 20.3. The van der Waals surface area contributed by atoms with Crippen molar-refractivity contribution in [3.05, 3.63) is 255 Å². The lowest BCUT2D eigenvalue weighted by atomic mass is 9.90. The molecule has 3 heteroatoms. The molecule has 0 amide bonds. The van der Waals surface area contributed by atoms with E-state index >= 15 is 0 Å². The van der Waals surface area contributed by atoms with E-state index in [1.54, 1.807) is 0 Å². The highest BCUT2D eigenvalue weighted by Gasteiger charge is 2.19. The Kier molecular flexibility index (Phi) is 8.46. The number of aromatic nitrogens is 2. The van der Waals surface area contributed by atoms with Crippen molar-refractivity contribution in [1.29, 1.82) is 0 Å². The molecule has 17 aromatic rings. The van der Waals surface area contributed by atoms with Gasteiger partial charge in [0.15, 0.2) is 0 Å². The van der Waals surface area contributed by atoms with E-state index in [0.29, 0.717) is 0 Å². The van der Waals surface area contributed by atoms with Gasteiger partial charge in [-0.2, -0.15) is 0 Å². The molecule has 3 aromatic heterocycles. The number of hydrogen-bond donors (Lipinski definition) is 0. The van der Waals surface area contributed by atoms with E-state index in [-0.39, 0.29) is 0 Å². The minimum absolute atomic E-state index is 1.17. The van der Waals surface area contributed by atoms with Crippen LogP contribution in [0.25, 0.3) is 162 Å². The minimum Gasteiger partial charge on any atom is -0.309 e. The van der Waals surface area contributed by atoms with Crippen LogP contribution >= 0.6 is 11.3 Å². The van der Waals surface area contributed by atoms with Crippen LogP contribution in [0.1, 0.15) is 0 Å². The highest BCUT2D eigenvalue weighted by Crippen LogP contribution is 2.47. The number of rotatable bonds is 4. The monoisotopic (exact) mass is 966 g/mol. The van der Waals surface area contributed by atoms with Crippen molar-refractivity contribution in [2.24, 2.45) is 0 Å². The summed E-state index contributed by atoms with van der Waals surface area (Å²) in [7, 11) is 0. The molecule has 0 fully saturated rings. The second-order valence-corrected chi connectivity index (χ2v) is 21.4. The first-order chi connectivity index (χ1) is 37.2. The molecule has 17 rings (SSSR count). The van der Waals surface area contributed by atoms with Crippen LogP contribution in [0.4, 0.5) is 0 Å². The SMILES string of the molecule is c1ccc(-n2c3ccccc3c3cc(-c4ccc5c(c4)c4ccccc4c4cc6c(cc54)sc4cc5c7ccc(-c8ccc9c(c8)c8ccccc8n9-c8ccccc8)cc7c7ccccc7c5cc46)ccc32)cc1. The van der Waals surface area contributed by atoms with Crippen molar-refractivity contribution in [2.75, 3.05) is 0 Å². The van der Waals surface area contributed by atoms with E-state index in [0.717, 1.165) is 0 Å². The quantitative estimate of drug-likeness (QED) is 0.156. The van der Waals surface area contributed by atoms with Crippen LogP contribution in [0, 0.1) is 0 Å². The van der Waals surface area contributed by atoms with Crippen LogP contribution in [0.3, 0.4) is 0 Å². The Balaban J connectivity index is 0.824. The third-order valence-corrected chi connectivity index (χ3v) is 17.5.